The van der Waals surface area contributed by atoms with Crippen LogP contribution in [0.4, 0.5) is 0 Å². The molecule has 4 nitrogen and oxygen atoms in total. The largest absolute Gasteiger partial charge is 0.396 e. The molecule has 0 bridgehead atoms. The fourth-order valence-corrected chi connectivity index (χ4v) is 2.39. The monoisotopic (exact) mass is 252 g/mol. The molecule has 1 aliphatic rings. The quantitative estimate of drug-likeness (QED) is 0.710. The van der Waals surface area contributed by atoms with Gasteiger partial charge in [0.15, 0.2) is 0 Å². The highest BCUT2D eigenvalue weighted by Crippen LogP contribution is 2.37. The summed E-state index contributed by atoms with van der Waals surface area (Å²) in [6.45, 7) is 4.75. The summed E-state index contributed by atoms with van der Waals surface area (Å²) in [7, 11) is 0. The van der Waals surface area contributed by atoms with Gasteiger partial charge >= 0.3 is 0 Å². The molecule has 0 unspecified atom stereocenters. The molecule has 0 aliphatic heterocycles. The summed E-state index contributed by atoms with van der Waals surface area (Å²) in [6, 6.07) is 2.19. The minimum atomic E-state index is -0.771. The second-order valence-corrected chi connectivity index (χ2v) is 6.08. The van der Waals surface area contributed by atoms with Crippen LogP contribution in [0.1, 0.15) is 52.4 Å². The first-order valence-corrected chi connectivity index (χ1v) is 6.76. The van der Waals surface area contributed by atoms with E-state index in [4.69, 9.17) is 10.4 Å². The van der Waals surface area contributed by atoms with Crippen LogP contribution in [0.3, 0.4) is 0 Å². The number of amides is 1. The highest BCUT2D eigenvalue weighted by atomic mass is 16.3. The van der Waals surface area contributed by atoms with Crippen molar-refractivity contribution in [3.05, 3.63) is 0 Å². The van der Waals surface area contributed by atoms with Crippen LogP contribution in [0, 0.1) is 22.2 Å². The Balaban J connectivity index is 2.32. The molecule has 0 saturated heterocycles. The van der Waals surface area contributed by atoms with Gasteiger partial charge in [0.25, 0.3) is 0 Å². The number of carbonyl (C=O) groups is 1. The van der Waals surface area contributed by atoms with Crippen LogP contribution >= 0.6 is 0 Å². The second kappa shape index (κ2) is 6.19. The second-order valence-electron chi connectivity index (χ2n) is 6.08. The zero-order chi connectivity index (χ0) is 13.6. The van der Waals surface area contributed by atoms with Crippen molar-refractivity contribution in [2.75, 3.05) is 13.2 Å². The molecule has 0 aromatic carbocycles. The van der Waals surface area contributed by atoms with E-state index in [1.165, 1.54) is 0 Å². The standard InChI is InChI=1S/C14H24N2O2/c1-13(2,11-17)6-5-9-16-12(18)14(10-15)7-3-4-8-14/h17H,3-9,11H2,1-2H3,(H,16,18). The summed E-state index contributed by atoms with van der Waals surface area (Å²) in [5, 5.41) is 21.2. The Morgan fingerprint density at radius 2 is 2.06 bits per heavy atom. The van der Waals surface area contributed by atoms with E-state index in [9.17, 15) is 4.79 Å². The van der Waals surface area contributed by atoms with Gasteiger partial charge in [0, 0.05) is 13.2 Å². The first-order chi connectivity index (χ1) is 8.46. The molecular formula is C14H24N2O2. The molecule has 0 atom stereocenters. The maximum atomic E-state index is 12.0. The molecule has 1 rings (SSSR count). The highest BCUT2D eigenvalue weighted by molar-refractivity contribution is 5.85. The maximum absolute atomic E-state index is 12.0. The first-order valence-electron chi connectivity index (χ1n) is 6.76. The fourth-order valence-electron chi connectivity index (χ4n) is 2.39. The van der Waals surface area contributed by atoms with Crippen LogP contribution in [-0.2, 0) is 4.79 Å². The SMILES string of the molecule is CC(C)(CO)CCCNC(=O)C1(C#N)CCCC1. The van der Waals surface area contributed by atoms with Crippen LogP contribution in [-0.4, -0.2) is 24.2 Å². The Labute approximate surface area is 109 Å². The molecule has 0 aromatic heterocycles. The number of rotatable bonds is 6. The average molecular weight is 252 g/mol. The van der Waals surface area contributed by atoms with Gasteiger partial charge < -0.3 is 10.4 Å². The molecule has 18 heavy (non-hydrogen) atoms. The van der Waals surface area contributed by atoms with E-state index >= 15 is 0 Å². The lowest BCUT2D eigenvalue weighted by atomic mass is 9.86. The van der Waals surface area contributed by atoms with E-state index in [1.54, 1.807) is 0 Å². The summed E-state index contributed by atoms with van der Waals surface area (Å²) in [5.74, 6) is -0.107. The number of nitrogens with zero attached hydrogens (tertiary/aromatic N) is 1. The number of nitrogens with one attached hydrogen (secondary N) is 1. The normalized spacial score (nSPS) is 18.3. The lowest BCUT2D eigenvalue weighted by molar-refractivity contribution is -0.127. The van der Waals surface area contributed by atoms with Crippen molar-refractivity contribution >= 4 is 5.91 Å². The predicted octanol–water partition coefficient (Wildman–Crippen LogP) is 1.99. The third-order valence-electron chi connectivity index (χ3n) is 3.85. The number of aliphatic hydroxyl groups excluding tert-OH is 1. The molecule has 0 spiro atoms. The van der Waals surface area contributed by atoms with Crippen LogP contribution in [0.2, 0.25) is 0 Å². The minimum absolute atomic E-state index is 0.0923. The Hall–Kier alpha value is -1.08. The van der Waals surface area contributed by atoms with Gasteiger partial charge in [-0.05, 0) is 31.1 Å². The molecule has 0 radical (unpaired) electrons. The lowest BCUT2D eigenvalue weighted by Crippen LogP contribution is -2.39. The smallest absolute Gasteiger partial charge is 0.240 e. The molecular weight excluding hydrogens is 228 g/mol. The van der Waals surface area contributed by atoms with Crippen molar-refractivity contribution in [2.45, 2.75) is 52.4 Å². The summed E-state index contributed by atoms with van der Waals surface area (Å²) in [4.78, 5) is 12.0. The number of hydrogen-bond acceptors (Lipinski definition) is 3. The summed E-state index contributed by atoms with van der Waals surface area (Å²) >= 11 is 0. The first kappa shape index (κ1) is 15.0. The van der Waals surface area contributed by atoms with Crippen LogP contribution in [0.5, 0.6) is 0 Å². The minimum Gasteiger partial charge on any atom is -0.396 e. The van der Waals surface area contributed by atoms with Crippen LogP contribution in [0.25, 0.3) is 0 Å². The number of aliphatic hydroxyl groups is 1. The molecule has 1 fully saturated rings. The predicted molar refractivity (Wildman–Crippen MR) is 69.6 cm³/mol. The number of carbonyl (C=O) groups excluding carboxylic acids is 1. The van der Waals surface area contributed by atoms with Gasteiger partial charge in [-0.1, -0.05) is 26.7 Å². The summed E-state index contributed by atoms with van der Waals surface area (Å²) in [6.07, 6.45) is 5.02. The fraction of sp³-hybridized carbons (Fsp3) is 0.857. The van der Waals surface area contributed by atoms with E-state index in [1.807, 2.05) is 13.8 Å². The Morgan fingerprint density at radius 1 is 1.44 bits per heavy atom. The average Bonchev–Trinajstić information content (AvgIpc) is 2.84. The van der Waals surface area contributed by atoms with Crippen molar-refractivity contribution in [3.8, 4) is 6.07 Å². The zero-order valence-corrected chi connectivity index (χ0v) is 11.5. The van der Waals surface area contributed by atoms with Crippen molar-refractivity contribution in [1.82, 2.24) is 5.32 Å². The van der Waals surface area contributed by atoms with E-state index in [0.717, 1.165) is 25.7 Å². The lowest BCUT2D eigenvalue weighted by Gasteiger charge is -2.22. The molecule has 1 aliphatic carbocycles. The molecule has 2 N–H and O–H groups in total. The third-order valence-corrected chi connectivity index (χ3v) is 3.85. The van der Waals surface area contributed by atoms with Gasteiger partial charge in [-0.25, -0.2) is 0 Å². The Kier molecular flexibility index (Phi) is 5.15. The molecule has 4 heteroatoms. The van der Waals surface area contributed by atoms with Gasteiger partial charge in [0.1, 0.15) is 5.41 Å². The topological polar surface area (TPSA) is 73.1 Å². The van der Waals surface area contributed by atoms with E-state index < -0.39 is 5.41 Å². The van der Waals surface area contributed by atoms with Gasteiger partial charge in [-0.15, -0.1) is 0 Å². The van der Waals surface area contributed by atoms with Gasteiger partial charge in [-0.3, -0.25) is 4.79 Å². The Bertz CT molecular complexity index is 325. The van der Waals surface area contributed by atoms with E-state index in [2.05, 4.69) is 11.4 Å². The number of nitriles is 1. The molecule has 102 valence electrons. The van der Waals surface area contributed by atoms with Gasteiger partial charge in [-0.2, -0.15) is 5.26 Å². The molecule has 0 heterocycles. The number of hydrogen-bond donors (Lipinski definition) is 2. The highest BCUT2D eigenvalue weighted by Gasteiger charge is 2.41. The van der Waals surface area contributed by atoms with E-state index in [0.29, 0.717) is 19.4 Å². The molecule has 1 amide bonds. The van der Waals surface area contributed by atoms with Gasteiger partial charge in [0.2, 0.25) is 5.91 Å². The van der Waals surface area contributed by atoms with Crippen molar-refractivity contribution in [1.29, 1.82) is 5.26 Å². The zero-order valence-electron chi connectivity index (χ0n) is 11.5. The summed E-state index contributed by atoms with van der Waals surface area (Å²) < 4.78 is 0. The van der Waals surface area contributed by atoms with E-state index in [-0.39, 0.29) is 17.9 Å². The Morgan fingerprint density at radius 3 is 2.56 bits per heavy atom. The van der Waals surface area contributed by atoms with Gasteiger partial charge in [0.05, 0.1) is 6.07 Å². The van der Waals surface area contributed by atoms with Crippen molar-refractivity contribution in [2.24, 2.45) is 10.8 Å². The van der Waals surface area contributed by atoms with Crippen molar-refractivity contribution in [3.63, 3.8) is 0 Å². The maximum Gasteiger partial charge on any atom is 0.240 e. The molecule has 1 saturated carbocycles. The third kappa shape index (κ3) is 3.71. The molecule has 0 aromatic rings. The van der Waals surface area contributed by atoms with Crippen molar-refractivity contribution < 1.29 is 9.90 Å². The summed E-state index contributed by atoms with van der Waals surface area (Å²) in [5.41, 5.74) is -0.864. The van der Waals surface area contributed by atoms with Crippen LogP contribution < -0.4 is 5.32 Å². The van der Waals surface area contributed by atoms with Crippen LogP contribution in [0.15, 0.2) is 0 Å².